The van der Waals surface area contributed by atoms with Gasteiger partial charge in [0.05, 0.1) is 7.11 Å². The highest BCUT2D eigenvalue weighted by atomic mass is 35.5. The number of aryl methyl sites for hydroxylation is 2. The molecule has 1 aromatic rings. The largest absolute Gasteiger partial charge is 0.496 e. The maximum absolute atomic E-state index is 5.92. The molecule has 72 valence electrons. The summed E-state index contributed by atoms with van der Waals surface area (Å²) in [6.45, 7) is 1.97. The molecule has 0 aromatic heterocycles. The molecule has 1 rings (SSSR count). The van der Waals surface area contributed by atoms with Crippen LogP contribution < -0.4 is 4.74 Å². The molecule has 0 amide bonds. The van der Waals surface area contributed by atoms with E-state index >= 15 is 0 Å². The van der Waals surface area contributed by atoms with Crippen LogP contribution in [-0.4, -0.2) is 13.0 Å². The lowest BCUT2D eigenvalue weighted by Crippen LogP contribution is -1.95. The van der Waals surface area contributed by atoms with E-state index < -0.39 is 0 Å². The zero-order chi connectivity index (χ0) is 9.84. The van der Waals surface area contributed by atoms with E-state index in [0.29, 0.717) is 5.88 Å². The van der Waals surface area contributed by atoms with Crippen molar-refractivity contribution in [2.24, 2.45) is 0 Å². The molecule has 0 aliphatic rings. The monoisotopic (exact) mass is 218 g/mol. The van der Waals surface area contributed by atoms with Crippen LogP contribution in [0.1, 0.15) is 11.1 Å². The predicted molar refractivity (Wildman–Crippen MR) is 57.2 cm³/mol. The highest BCUT2D eigenvalue weighted by molar-refractivity contribution is 6.30. The van der Waals surface area contributed by atoms with E-state index in [1.165, 1.54) is 0 Å². The lowest BCUT2D eigenvalue weighted by Gasteiger charge is -2.10. The van der Waals surface area contributed by atoms with Gasteiger partial charge < -0.3 is 4.74 Å². The minimum atomic E-state index is 0.580. The van der Waals surface area contributed by atoms with Gasteiger partial charge >= 0.3 is 0 Å². The Kier molecular flexibility index (Phi) is 3.89. The summed E-state index contributed by atoms with van der Waals surface area (Å²) in [6, 6.07) is 3.79. The van der Waals surface area contributed by atoms with E-state index in [2.05, 4.69) is 0 Å². The molecule has 0 atom stereocenters. The molecule has 1 aromatic carbocycles. The third-order valence-electron chi connectivity index (χ3n) is 1.88. The second kappa shape index (κ2) is 4.73. The van der Waals surface area contributed by atoms with Crippen molar-refractivity contribution in [3.8, 4) is 5.75 Å². The van der Waals surface area contributed by atoms with Crippen molar-refractivity contribution >= 4 is 23.2 Å². The first-order chi connectivity index (χ1) is 6.19. The second-order valence-electron chi connectivity index (χ2n) is 2.85. The van der Waals surface area contributed by atoms with Crippen molar-refractivity contribution < 1.29 is 4.74 Å². The number of hydrogen-bond donors (Lipinski definition) is 0. The Bertz CT molecular complexity index is 297. The highest BCUT2D eigenvalue weighted by Gasteiger charge is 2.06. The second-order valence-corrected chi connectivity index (χ2v) is 3.67. The number of halogens is 2. The first-order valence-electron chi connectivity index (χ1n) is 4.08. The molecule has 3 heteroatoms. The molecule has 0 spiro atoms. The lowest BCUT2D eigenvalue weighted by molar-refractivity contribution is 0.407. The lowest BCUT2D eigenvalue weighted by atomic mass is 10.1. The van der Waals surface area contributed by atoms with Gasteiger partial charge in [-0.25, -0.2) is 0 Å². The molecule has 0 bridgehead atoms. The van der Waals surface area contributed by atoms with E-state index in [0.717, 1.165) is 28.3 Å². The molecule has 0 aliphatic carbocycles. The molecule has 0 aliphatic heterocycles. The van der Waals surface area contributed by atoms with Crippen molar-refractivity contribution in [2.45, 2.75) is 13.3 Å². The van der Waals surface area contributed by atoms with Gasteiger partial charge in [-0.3, -0.25) is 0 Å². The summed E-state index contributed by atoms with van der Waals surface area (Å²) < 4.78 is 5.27. The molecular weight excluding hydrogens is 207 g/mol. The summed E-state index contributed by atoms with van der Waals surface area (Å²) in [5.74, 6) is 1.47. The summed E-state index contributed by atoms with van der Waals surface area (Å²) in [5, 5.41) is 0.735. The zero-order valence-electron chi connectivity index (χ0n) is 7.73. The fourth-order valence-corrected chi connectivity index (χ4v) is 1.88. The fourth-order valence-electron chi connectivity index (χ4n) is 1.38. The normalized spacial score (nSPS) is 10.2. The molecule has 1 nitrogen and oxygen atoms in total. The number of benzene rings is 1. The van der Waals surface area contributed by atoms with E-state index in [9.17, 15) is 0 Å². The molecule has 0 saturated carbocycles. The summed E-state index contributed by atoms with van der Waals surface area (Å²) in [7, 11) is 1.66. The van der Waals surface area contributed by atoms with Crippen molar-refractivity contribution in [1.82, 2.24) is 0 Å². The average Bonchev–Trinajstić information content (AvgIpc) is 2.04. The summed E-state index contributed by atoms with van der Waals surface area (Å²) in [5.41, 5.74) is 2.12. The van der Waals surface area contributed by atoms with E-state index in [-0.39, 0.29) is 0 Å². The first-order valence-corrected chi connectivity index (χ1v) is 4.99. The Morgan fingerprint density at radius 3 is 2.62 bits per heavy atom. The number of hydrogen-bond acceptors (Lipinski definition) is 1. The van der Waals surface area contributed by atoms with Gasteiger partial charge in [0.2, 0.25) is 0 Å². The minimum absolute atomic E-state index is 0.580. The number of alkyl halides is 1. The van der Waals surface area contributed by atoms with Crippen LogP contribution in [0.15, 0.2) is 12.1 Å². The molecule has 0 fully saturated rings. The topological polar surface area (TPSA) is 9.23 Å². The van der Waals surface area contributed by atoms with Crippen LogP contribution in [0.5, 0.6) is 5.75 Å². The molecule has 0 saturated heterocycles. The van der Waals surface area contributed by atoms with Crippen LogP contribution in [0.2, 0.25) is 5.02 Å². The third-order valence-corrected chi connectivity index (χ3v) is 2.29. The maximum Gasteiger partial charge on any atom is 0.125 e. The van der Waals surface area contributed by atoms with Crippen molar-refractivity contribution in [3.63, 3.8) is 0 Å². The zero-order valence-corrected chi connectivity index (χ0v) is 9.24. The molecular formula is C10H12Cl2O. The van der Waals surface area contributed by atoms with Crippen LogP contribution in [-0.2, 0) is 6.42 Å². The smallest absolute Gasteiger partial charge is 0.125 e. The summed E-state index contributed by atoms with van der Waals surface area (Å²) in [6.07, 6.45) is 0.784. The summed E-state index contributed by atoms with van der Waals surface area (Å²) in [4.78, 5) is 0. The van der Waals surface area contributed by atoms with Crippen LogP contribution in [0, 0.1) is 6.92 Å². The Morgan fingerprint density at radius 1 is 1.38 bits per heavy atom. The molecule has 0 unspecified atom stereocenters. The Labute approximate surface area is 88.6 Å². The molecule has 0 heterocycles. The van der Waals surface area contributed by atoms with Gasteiger partial charge in [0.1, 0.15) is 5.75 Å². The van der Waals surface area contributed by atoms with Gasteiger partial charge in [0.25, 0.3) is 0 Å². The van der Waals surface area contributed by atoms with E-state index in [1.807, 2.05) is 19.1 Å². The molecule has 0 N–H and O–H groups in total. The summed E-state index contributed by atoms with van der Waals surface area (Å²) >= 11 is 11.6. The van der Waals surface area contributed by atoms with Crippen molar-refractivity contribution in [3.05, 3.63) is 28.3 Å². The maximum atomic E-state index is 5.92. The number of methoxy groups -OCH3 is 1. The first kappa shape index (κ1) is 10.7. The highest BCUT2D eigenvalue weighted by Crippen LogP contribution is 2.27. The molecule has 0 radical (unpaired) electrons. The van der Waals surface area contributed by atoms with E-state index in [1.54, 1.807) is 7.11 Å². The van der Waals surface area contributed by atoms with Gasteiger partial charge in [-0.2, -0.15) is 0 Å². The van der Waals surface area contributed by atoms with Gasteiger partial charge in [-0.15, -0.1) is 11.6 Å². The van der Waals surface area contributed by atoms with E-state index in [4.69, 9.17) is 27.9 Å². The van der Waals surface area contributed by atoms with Gasteiger partial charge in [0, 0.05) is 10.9 Å². The fraction of sp³-hybridized carbons (Fsp3) is 0.400. The number of ether oxygens (including phenoxy) is 1. The van der Waals surface area contributed by atoms with Crippen molar-refractivity contribution in [1.29, 1.82) is 0 Å². The number of rotatable bonds is 3. The molecule has 13 heavy (non-hydrogen) atoms. The quantitative estimate of drug-likeness (QED) is 0.707. The SMILES string of the molecule is COc1c(C)cc(Cl)cc1CCCl. The van der Waals surface area contributed by atoms with Gasteiger partial charge in [0.15, 0.2) is 0 Å². The minimum Gasteiger partial charge on any atom is -0.496 e. The van der Waals surface area contributed by atoms with Crippen LogP contribution in [0.25, 0.3) is 0 Å². The third kappa shape index (κ3) is 2.52. The Hall–Kier alpha value is -0.400. The predicted octanol–water partition coefficient (Wildman–Crippen LogP) is 3.44. The average molecular weight is 219 g/mol. The Morgan fingerprint density at radius 2 is 2.08 bits per heavy atom. The standard InChI is InChI=1S/C10H12Cl2O/c1-7-5-9(12)6-8(3-4-11)10(7)13-2/h5-6H,3-4H2,1-2H3. The van der Waals surface area contributed by atoms with Crippen molar-refractivity contribution in [2.75, 3.05) is 13.0 Å². The van der Waals surface area contributed by atoms with Crippen LogP contribution >= 0.6 is 23.2 Å². The van der Waals surface area contributed by atoms with Crippen LogP contribution in [0.3, 0.4) is 0 Å². The Balaban J connectivity index is 3.13. The van der Waals surface area contributed by atoms with Gasteiger partial charge in [-0.1, -0.05) is 11.6 Å². The van der Waals surface area contributed by atoms with Gasteiger partial charge in [-0.05, 0) is 36.6 Å². The van der Waals surface area contributed by atoms with Crippen LogP contribution in [0.4, 0.5) is 0 Å².